The number of benzene rings is 2. The molecule has 0 spiro atoms. The molecule has 2 aromatic carbocycles. The van der Waals surface area contributed by atoms with Crippen molar-refractivity contribution in [3.8, 4) is 0 Å². The second-order valence-corrected chi connectivity index (χ2v) is 6.22. The van der Waals surface area contributed by atoms with E-state index in [1.54, 1.807) is 0 Å². The monoisotopic (exact) mass is 307 g/mol. The first-order chi connectivity index (χ1) is 11.0. The van der Waals surface area contributed by atoms with Crippen molar-refractivity contribution in [2.24, 2.45) is 0 Å². The van der Waals surface area contributed by atoms with Gasteiger partial charge >= 0.3 is 0 Å². The molecule has 120 valence electrons. The van der Waals surface area contributed by atoms with Crippen molar-refractivity contribution in [2.45, 2.75) is 24.8 Å². The SMILES string of the molecule is C=CC(=O)C(C[C@H](C)N(C)C)(c1ccccc1)c1ccccc1. The molecule has 2 rings (SSSR count). The van der Waals surface area contributed by atoms with E-state index in [-0.39, 0.29) is 11.8 Å². The number of hydrogen-bond acceptors (Lipinski definition) is 2. The summed E-state index contributed by atoms with van der Waals surface area (Å²) in [6.45, 7) is 5.92. The topological polar surface area (TPSA) is 20.3 Å². The van der Waals surface area contributed by atoms with Crippen LogP contribution in [0, 0.1) is 0 Å². The summed E-state index contributed by atoms with van der Waals surface area (Å²) in [5.41, 5.74) is 1.34. The summed E-state index contributed by atoms with van der Waals surface area (Å²) >= 11 is 0. The van der Waals surface area contributed by atoms with Crippen LogP contribution < -0.4 is 0 Å². The number of carbonyl (C=O) groups excluding carboxylic acids is 1. The first-order valence-corrected chi connectivity index (χ1v) is 7.96. The largest absolute Gasteiger partial charge is 0.307 e. The number of hydrogen-bond donors (Lipinski definition) is 0. The maximum atomic E-state index is 13.1. The molecule has 0 bridgehead atoms. The molecule has 0 heterocycles. The Bertz CT molecular complexity index is 607. The van der Waals surface area contributed by atoms with Gasteiger partial charge in [0.25, 0.3) is 0 Å². The summed E-state index contributed by atoms with van der Waals surface area (Å²) in [6, 6.07) is 20.3. The van der Waals surface area contributed by atoms with E-state index in [9.17, 15) is 4.79 Å². The summed E-state index contributed by atoms with van der Waals surface area (Å²) in [6.07, 6.45) is 2.17. The van der Waals surface area contributed by atoms with Gasteiger partial charge in [-0.05, 0) is 44.6 Å². The highest BCUT2D eigenvalue weighted by atomic mass is 16.1. The van der Waals surface area contributed by atoms with E-state index in [0.29, 0.717) is 6.42 Å². The minimum atomic E-state index is -0.700. The zero-order chi connectivity index (χ0) is 16.9. The predicted octanol–water partition coefficient (Wildman–Crippen LogP) is 4.07. The Morgan fingerprint density at radius 1 is 1.04 bits per heavy atom. The van der Waals surface area contributed by atoms with Gasteiger partial charge in [-0.1, -0.05) is 67.2 Å². The van der Waals surface area contributed by atoms with Gasteiger partial charge in [-0.15, -0.1) is 0 Å². The lowest BCUT2D eigenvalue weighted by Gasteiger charge is -2.37. The van der Waals surface area contributed by atoms with Gasteiger partial charge in [0.2, 0.25) is 0 Å². The molecule has 0 saturated carbocycles. The van der Waals surface area contributed by atoms with Crippen molar-refractivity contribution < 1.29 is 4.79 Å². The van der Waals surface area contributed by atoms with Crippen LogP contribution in [0.1, 0.15) is 24.5 Å². The van der Waals surface area contributed by atoms with Crippen LogP contribution in [-0.2, 0) is 10.2 Å². The molecule has 2 heteroatoms. The van der Waals surface area contributed by atoms with Gasteiger partial charge < -0.3 is 4.90 Å². The zero-order valence-corrected chi connectivity index (χ0v) is 14.2. The molecule has 2 aromatic rings. The van der Waals surface area contributed by atoms with Gasteiger partial charge in [0.15, 0.2) is 5.78 Å². The second-order valence-electron chi connectivity index (χ2n) is 6.22. The van der Waals surface area contributed by atoms with E-state index in [1.807, 2.05) is 74.8 Å². The van der Waals surface area contributed by atoms with E-state index in [0.717, 1.165) is 11.1 Å². The average molecular weight is 307 g/mol. The fraction of sp³-hybridized carbons (Fsp3) is 0.286. The Kier molecular flexibility index (Phi) is 5.51. The lowest BCUT2D eigenvalue weighted by Crippen LogP contribution is -2.42. The summed E-state index contributed by atoms with van der Waals surface area (Å²) in [5, 5.41) is 0. The van der Waals surface area contributed by atoms with Gasteiger partial charge in [-0.2, -0.15) is 0 Å². The lowest BCUT2D eigenvalue weighted by molar-refractivity contribution is -0.119. The highest BCUT2D eigenvalue weighted by Gasteiger charge is 2.41. The van der Waals surface area contributed by atoms with Gasteiger partial charge in [-0.25, -0.2) is 0 Å². The van der Waals surface area contributed by atoms with Crippen LogP contribution in [0.4, 0.5) is 0 Å². The minimum Gasteiger partial charge on any atom is -0.307 e. The van der Waals surface area contributed by atoms with E-state index in [2.05, 4.69) is 18.4 Å². The third-order valence-corrected chi connectivity index (χ3v) is 4.62. The standard InChI is InChI=1S/C21H25NO/c1-5-20(23)21(16-17(2)22(3)4,18-12-8-6-9-13-18)19-14-10-7-11-15-19/h5-15,17H,1,16H2,2-4H3/t17-/m0/s1. The number of rotatable bonds is 7. The van der Waals surface area contributed by atoms with Crippen molar-refractivity contribution in [2.75, 3.05) is 14.1 Å². The molecule has 0 fully saturated rings. The lowest BCUT2D eigenvalue weighted by atomic mass is 9.67. The first-order valence-electron chi connectivity index (χ1n) is 7.96. The molecule has 0 N–H and O–H groups in total. The maximum absolute atomic E-state index is 13.1. The molecule has 2 nitrogen and oxygen atoms in total. The summed E-state index contributed by atoms with van der Waals surface area (Å²) in [4.78, 5) is 15.2. The molecule has 1 atom stereocenters. The fourth-order valence-corrected chi connectivity index (χ4v) is 3.03. The van der Waals surface area contributed by atoms with Crippen molar-refractivity contribution in [1.29, 1.82) is 0 Å². The zero-order valence-electron chi connectivity index (χ0n) is 14.2. The van der Waals surface area contributed by atoms with Crippen LogP contribution in [0.5, 0.6) is 0 Å². The summed E-state index contributed by atoms with van der Waals surface area (Å²) in [5.74, 6) is 0.0450. The number of ketones is 1. The number of allylic oxidation sites excluding steroid dienone is 1. The van der Waals surface area contributed by atoms with Crippen LogP contribution in [0.2, 0.25) is 0 Å². The van der Waals surface area contributed by atoms with Gasteiger partial charge in [0.1, 0.15) is 0 Å². The van der Waals surface area contributed by atoms with Crippen molar-refractivity contribution in [3.63, 3.8) is 0 Å². The van der Waals surface area contributed by atoms with Gasteiger partial charge in [0.05, 0.1) is 5.41 Å². The van der Waals surface area contributed by atoms with Crippen molar-refractivity contribution in [1.82, 2.24) is 4.90 Å². The third kappa shape index (κ3) is 3.43. The summed E-state index contributed by atoms with van der Waals surface area (Å²) in [7, 11) is 4.09. The van der Waals surface area contributed by atoms with E-state index in [4.69, 9.17) is 0 Å². The Morgan fingerprint density at radius 2 is 1.48 bits per heavy atom. The van der Waals surface area contributed by atoms with Crippen LogP contribution in [-0.4, -0.2) is 30.8 Å². The van der Waals surface area contributed by atoms with Gasteiger partial charge in [-0.3, -0.25) is 4.79 Å². The molecule has 0 amide bonds. The quantitative estimate of drug-likeness (QED) is 0.719. The van der Waals surface area contributed by atoms with Crippen molar-refractivity contribution in [3.05, 3.63) is 84.4 Å². The number of carbonyl (C=O) groups is 1. The Labute approximate surface area is 139 Å². The van der Waals surface area contributed by atoms with E-state index in [1.165, 1.54) is 6.08 Å². The highest BCUT2D eigenvalue weighted by Crippen LogP contribution is 2.38. The van der Waals surface area contributed by atoms with E-state index >= 15 is 0 Å². The normalized spacial score (nSPS) is 12.9. The molecule has 0 aliphatic carbocycles. The number of nitrogens with zero attached hydrogens (tertiary/aromatic N) is 1. The molecule has 0 aliphatic rings. The Balaban J connectivity index is 2.69. The maximum Gasteiger partial charge on any atom is 0.170 e. The first kappa shape index (κ1) is 17.2. The van der Waals surface area contributed by atoms with Crippen LogP contribution in [0.3, 0.4) is 0 Å². The summed E-state index contributed by atoms with van der Waals surface area (Å²) < 4.78 is 0. The molecule has 23 heavy (non-hydrogen) atoms. The molecule has 0 saturated heterocycles. The minimum absolute atomic E-state index is 0.0450. The molecular weight excluding hydrogens is 282 g/mol. The molecule has 0 radical (unpaired) electrons. The Hall–Kier alpha value is -2.19. The van der Waals surface area contributed by atoms with E-state index < -0.39 is 5.41 Å². The van der Waals surface area contributed by atoms with Gasteiger partial charge in [0, 0.05) is 6.04 Å². The van der Waals surface area contributed by atoms with Crippen LogP contribution in [0.15, 0.2) is 73.3 Å². The molecule has 0 aromatic heterocycles. The predicted molar refractivity (Wildman–Crippen MR) is 96.6 cm³/mol. The Morgan fingerprint density at radius 3 is 1.83 bits per heavy atom. The van der Waals surface area contributed by atoms with Crippen molar-refractivity contribution >= 4 is 5.78 Å². The second kappa shape index (κ2) is 7.38. The average Bonchev–Trinajstić information content (AvgIpc) is 2.60. The fourth-order valence-electron chi connectivity index (χ4n) is 3.03. The highest BCUT2D eigenvalue weighted by molar-refractivity contribution is 6.01. The third-order valence-electron chi connectivity index (χ3n) is 4.62. The van der Waals surface area contributed by atoms with Crippen LogP contribution in [0.25, 0.3) is 0 Å². The smallest absolute Gasteiger partial charge is 0.170 e. The molecule has 0 aliphatic heterocycles. The molecule has 0 unspecified atom stereocenters. The molecular formula is C21H25NO. The van der Waals surface area contributed by atoms with Crippen LogP contribution >= 0.6 is 0 Å².